The summed E-state index contributed by atoms with van der Waals surface area (Å²) < 4.78 is 32.3. The van der Waals surface area contributed by atoms with Crippen molar-refractivity contribution >= 4 is 27.4 Å². The third kappa shape index (κ3) is 6.01. The number of hydrogen-bond donors (Lipinski definition) is 1. The summed E-state index contributed by atoms with van der Waals surface area (Å²) in [6.07, 6.45) is 1.78. The minimum absolute atomic E-state index is 0.0723. The van der Waals surface area contributed by atoms with Crippen LogP contribution in [0.15, 0.2) is 53.4 Å². The molecule has 2 aliphatic rings. The van der Waals surface area contributed by atoms with Crippen molar-refractivity contribution in [2.24, 2.45) is 0 Å². The Balaban J connectivity index is 1.37. The highest BCUT2D eigenvalue weighted by atomic mass is 35.5. The van der Waals surface area contributed by atoms with Crippen LogP contribution in [0.2, 0.25) is 5.02 Å². The molecule has 1 atom stereocenters. The largest absolute Gasteiger partial charge is 0.379 e. The van der Waals surface area contributed by atoms with Gasteiger partial charge in [-0.3, -0.25) is 9.69 Å². The molecule has 4 rings (SSSR count). The van der Waals surface area contributed by atoms with E-state index in [4.69, 9.17) is 16.3 Å². The molecule has 2 aliphatic heterocycles. The number of carbonyl (C=O) groups is 1. The van der Waals surface area contributed by atoms with Gasteiger partial charge in [-0.05, 0) is 42.7 Å². The second kappa shape index (κ2) is 11.1. The zero-order chi connectivity index (χ0) is 23.3. The molecule has 1 unspecified atom stereocenters. The summed E-state index contributed by atoms with van der Waals surface area (Å²) >= 11 is 6.06. The fourth-order valence-corrected chi connectivity index (χ4v) is 5.99. The third-order valence-electron chi connectivity index (χ3n) is 6.24. The Morgan fingerprint density at radius 2 is 1.61 bits per heavy atom. The smallest absolute Gasteiger partial charge is 0.243 e. The molecule has 0 saturated carbocycles. The predicted molar refractivity (Wildman–Crippen MR) is 128 cm³/mol. The van der Waals surface area contributed by atoms with Gasteiger partial charge in [-0.2, -0.15) is 4.31 Å². The van der Waals surface area contributed by atoms with Gasteiger partial charge < -0.3 is 10.1 Å². The van der Waals surface area contributed by atoms with Crippen molar-refractivity contribution in [1.29, 1.82) is 0 Å². The van der Waals surface area contributed by atoms with Crippen molar-refractivity contribution in [1.82, 2.24) is 14.5 Å². The molecule has 2 aromatic carbocycles. The quantitative estimate of drug-likeness (QED) is 0.543. The van der Waals surface area contributed by atoms with E-state index in [9.17, 15) is 13.2 Å². The average molecular weight is 492 g/mol. The van der Waals surface area contributed by atoms with Crippen molar-refractivity contribution < 1.29 is 17.9 Å². The van der Waals surface area contributed by atoms with Gasteiger partial charge in [0.1, 0.15) is 0 Å². The summed E-state index contributed by atoms with van der Waals surface area (Å²) in [5.41, 5.74) is 1.63. The Labute approximate surface area is 200 Å². The van der Waals surface area contributed by atoms with Crippen LogP contribution < -0.4 is 5.32 Å². The van der Waals surface area contributed by atoms with E-state index in [1.165, 1.54) is 16.4 Å². The molecule has 178 valence electrons. The van der Waals surface area contributed by atoms with Crippen LogP contribution in [0.5, 0.6) is 0 Å². The highest BCUT2D eigenvalue weighted by molar-refractivity contribution is 7.89. The van der Waals surface area contributed by atoms with E-state index in [1.54, 1.807) is 12.1 Å². The topological polar surface area (TPSA) is 79.0 Å². The van der Waals surface area contributed by atoms with Crippen LogP contribution in [0.3, 0.4) is 0 Å². The number of carbonyl (C=O) groups excluding carboxylic acids is 1. The summed E-state index contributed by atoms with van der Waals surface area (Å²) in [6.45, 7) is 4.94. The first-order valence-electron chi connectivity index (χ1n) is 11.4. The lowest BCUT2D eigenvalue weighted by atomic mass is 10.0. The van der Waals surface area contributed by atoms with E-state index < -0.39 is 10.0 Å². The van der Waals surface area contributed by atoms with Crippen molar-refractivity contribution in [2.75, 3.05) is 52.5 Å². The molecule has 2 fully saturated rings. The number of benzene rings is 2. The highest BCUT2D eigenvalue weighted by Crippen LogP contribution is 2.24. The summed E-state index contributed by atoms with van der Waals surface area (Å²) in [6, 6.07) is 14.2. The molecule has 33 heavy (non-hydrogen) atoms. The van der Waals surface area contributed by atoms with Gasteiger partial charge in [0.15, 0.2) is 5.78 Å². The molecule has 2 heterocycles. The molecule has 0 aliphatic carbocycles. The van der Waals surface area contributed by atoms with E-state index in [2.05, 4.69) is 10.2 Å². The molecule has 9 heteroatoms. The van der Waals surface area contributed by atoms with Crippen molar-refractivity contribution in [2.45, 2.75) is 23.8 Å². The summed E-state index contributed by atoms with van der Waals surface area (Å²) in [7, 11) is -3.47. The molecule has 7 nitrogen and oxygen atoms in total. The Bertz CT molecular complexity index is 1030. The Morgan fingerprint density at radius 3 is 2.24 bits per heavy atom. The number of ketones is 1. The lowest BCUT2D eigenvalue weighted by molar-refractivity contribution is 0.0162. The summed E-state index contributed by atoms with van der Waals surface area (Å²) in [5.74, 6) is -0.0723. The number of ether oxygens (including phenoxy) is 1. The third-order valence-corrected chi connectivity index (χ3v) is 8.41. The number of nitrogens with zero attached hydrogens (tertiary/aromatic N) is 2. The maximum absolute atomic E-state index is 12.7. The Kier molecular flexibility index (Phi) is 8.16. The fourth-order valence-electron chi connectivity index (χ4n) is 4.35. The van der Waals surface area contributed by atoms with E-state index in [1.807, 2.05) is 24.3 Å². The number of rotatable bonds is 9. The predicted octanol–water partition coefficient (Wildman–Crippen LogP) is 2.97. The molecule has 0 bridgehead atoms. The number of morpholine rings is 1. The maximum Gasteiger partial charge on any atom is 0.243 e. The molecule has 0 aromatic heterocycles. The van der Waals surface area contributed by atoms with Crippen molar-refractivity contribution in [3.05, 3.63) is 64.7 Å². The number of nitrogens with one attached hydrogen (secondary N) is 1. The fraction of sp³-hybridized carbons (Fsp3) is 0.458. The van der Waals surface area contributed by atoms with Crippen LogP contribution >= 0.6 is 11.6 Å². The zero-order valence-electron chi connectivity index (χ0n) is 18.6. The lowest BCUT2D eigenvalue weighted by Crippen LogP contribution is -2.43. The van der Waals surface area contributed by atoms with E-state index in [0.717, 1.165) is 31.5 Å². The molecule has 1 N–H and O–H groups in total. The van der Waals surface area contributed by atoms with Gasteiger partial charge in [0, 0.05) is 49.4 Å². The monoisotopic (exact) mass is 491 g/mol. The van der Waals surface area contributed by atoms with E-state index >= 15 is 0 Å². The summed E-state index contributed by atoms with van der Waals surface area (Å²) in [5, 5.41) is 3.98. The lowest BCUT2D eigenvalue weighted by Gasteiger charge is -2.35. The molecular formula is C24H30ClN3O4S. The zero-order valence-corrected chi connectivity index (χ0v) is 20.2. The van der Waals surface area contributed by atoms with Crippen LogP contribution in [0.4, 0.5) is 0 Å². The van der Waals surface area contributed by atoms with Gasteiger partial charge in [-0.15, -0.1) is 0 Å². The van der Waals surface area contributed by atoms with Crippen LogP contribution in [0.1, 0.15) is 34.8 Å². The second-order valence-corrected chi connectivity index (χ2v) is 10.8. The van der Waals surface area contributed by atoms with Crippen LogP contribution in [-0.4, -0.2) is 75.9 Å². The minimum Gasteiger partial charge on any atom is -0.379 e. The number of Topliss-reactive ketones (excluding diaryl/α,β-unsaturated/α-hetero) is 1. The normalized spacial score (nSPS) is 18.9. The molecule has 0 radical (unpaired) electrons. The standard InChI is InChI=1S/C24H30ClN3O4S/c25-21-7-3-19(4-8-21)23(27-13-15-32-16-14-27)17-26-18-24(29)20-5-9-22(10-6-20)33(30,31)28-11-1-2-12-28/h3-10,23,26H,1-2,11-18H2. The van der Waals surface area contributed by atoms with E-state index in [-0.39, 0.29) is 23.3 Å². The highest BCUT2D eigenvalue weighted by Gasteiger charge is 2.27. The first-order chi connectivity index (χ1) is 15.9. The number of halogens is 1. The van der Waals surface area contributed by atoms with Crippen molar-refractivity contribution in [3.63, 3.8) is 0 Å². The second-order valence-electron chi connectivity index (χ2n) is 8.41. The van der Waals surface area contributed by atoms with Crippen LogP contribution in [0.25, 0.3) is 0 Å². The van der Waals surface area contributed by atoms with Gasteiger partial charge in [0.05, 0.1) is 24.7 Å². The minimum atomic E-state index is -3.47. The first kappa shape index (κ1) is 24.3. The van der Waals surface area contributed by atoms with Gasteiger partial charge in [-0.25, -0.2) is 8.42 Å². The van der Waals surface area contributed by atoms with E-state index in [0.29, 0.717) is 43.4 Å². The summed E-state index contributed by atoms with van der Waals surface area (Å²) in [4.78, 5) is 15.3. The van der Waals surface area contributed by atoms with Gasteiger partial charge in [-0.1, -0.05) is 35.9 Å². The molecule has 0 amide bonds. The van der Waals surface area contributed by atoms with Crippen LogP contribution in [-0.2, 0) is 14.8 Å². The Hall–Kier alpha value is -1.81. The first-order valence-corrected chi connectivity index (χ1v) is 13.2. The number of hydrogen-bond acceptors (Lipinski definition) is 6. The average Bonchev–Trinajstić information content (AvgIpc) is 3.39. The molecular weight excluding hydrogens is 462 g/mol. The van der Waals surface area contributed by atoms with Crippen LogP contribution in [0, 0.1) is 0 Å². The molecule has 0 spiro atoms. The molecule has 2 aromatic rings. The SMILES string of the molecule is O=C(CNCC(c1ccc(Cl)cc1)N1CCOCC1)c1ccc(S(=O)(=O)N2CCCC2)cc1. The van der Waals surface area contributed by atoms with Gasteiger partial charge >= 0.3 is 0 Å². The Morgan fingerprint density at radius 1 is 0.970 bits per heavy atom. The maximum atomic E-state index is 12.7. The van der Waals surface area contributed by atoms with Crippen molar-refractivity contribution in [3.8, 4) is 0 Å². The van der Waals surface area contributed by atoms with Gasteiger partial charge in [0.25, 0.3) is 0 Å². The number of sulfonamides is 1. The molecule has 2 saturated heterocycles. The van der Waals surface area contributed by atoms with Gasteiger partial charge in [0.2, 0.25) is 10.0 Å².